The molecule has 0 aromatic heterocycles. The molecule has 1 aliphatic rings. The van der Waals surface area contributed by atoms with Gasteiger partial charge in [-0.25, -0.2) is 0 Å². The molecule has 0 saturated heterocycles. The fraction of sp³-hybridized carbons (Fsp3) is 0.379. The number of rotatable bonds is 10. The lowest BCUT2D eigenvalue weighted by Gasteiger charge is -2.01. The highest BCUT2D eigenvalue weighted by Gasteiger charge is 2.15. The first-order chi connectivity index (χ1) is 14.9. The summed E-state index contributed by atoms with van der Waals surface area (Å²) < 4.78 is 0. The maximum absolute atomic E-state index is 2.28. The molecule has 0 saturated carbocycles. The molecular formula is C29H36Si. The van der Waals surface area contributed by atoms with Crippen LogP contribution in [-0.2, 0) is 6.42 Å². The SMILES string of the molecule is CCCCCCCCCC[Si]c1ccccc1.c1ccc2c(c1)Cc1ccccc1-2. The number of hydrogen-bond acceptors (Lipinski definition) is 0. The molecular weight excluding hydrogens is 376 g/mol. The normalized spacial score (nSPS) is 11.4. The first-order valence-electron chi connectivity index (χ1n) is 11.8. The molecule has 0 fully saturated rings. The zero-order valence-electron chi connectivity index (χ0n) is 18.6. The minimum atomic E-state index is 1.02. The number of fused-ring (bicyclic) bond motifs is 3. The average molecular weight is 413 g/mol. The molecule has 3 aromatic rings. The van der Waals surface area contributed by atoms with E-state index in [-0.39, 0.29) is 0 Å². The Morgan fingerprint density at radius 2 is 1.07 bits per heavy atom. The molecule has 0 nitrogen and oxygen atoms in total. The van der Waals surface area contributed by atoms with E-state index in [0.29, 0.717) is 0 Å². The molecule has 0 unspecified atom stereocenters. The Hall–Kier alpha value is -2.12. The Bertz CT molecular complexity index is 810. The smallest absolute Gasteiger partial charge is 0.0654 e. The van der Waals surface area contributed by atoms with Gasteiger partial charge in [0, 0.05) is 0 Å². The lowest BCUT2D eigenvalue weighted by molar-refractivity contribution is 0.585. The third-order valence-electron chi connectivity index (χ3n) is 5.84. The minimum Gasteiger partial charge on any atom is -0.0654 e. The second kappa shape index (κ2) is 13.2. The van der Waals surface area contributed by atoms with Crippen molar-refractivity contribution in [2.24, 2.45) is 0 Å². The fourth-order valence-corrected chi connectivity index (χ4v) is 5.27. The van der Waals surface area contributed by atoms with E-state index in [1.165, 1.54) is 84.9 Å². The van der Waals surface area contributed by atoms with Crippen LogP contribution in [-0.4, -0.2) is 9.52 Å². The lowest BCUT2D eigenvalue weighted by Crippen LogP contribution is -2.12. The molecule has 4 rings (SSSR count). The van der Waals surface area contributed by atoms with Crippen molar-refractivity contribution in [3.8, 4) is 11.1 Å². The van der Waals surface area contributed by atoms with Crippen LogP contribution in [0.1, 0.15) is 69.4 Å². The predicted molar refractivity (Wildman–Crippen MR) is 134 cm³/mol. The van der Waals surface area contributed by atoms with E-state index in [1.807, 2.05) is 0 Å². The lowest BCUT2D eigenvalue weighted by atomic mass is 10.1. The van der Waals surface area contributed by atoms with Crippen molar-refractivity contribution in [2.75, 3.05) is 0 Å². The Balaban J connectivity index is 0.000000175. The van der Waals surface area contributed by atoms with Crippen molar-refractivity contribution in [3.05, 3.63) is 90.0 Å². The summed E-state index contributed by atoms with van der Waals surface area (Å²) in [4.78, 5) is 0. The zero-order chi connectivity index (χ0) is 20.9. The van der Waals surface area contributed by atoms with Gasteiger partial charge in [-0.05, 0) is 28.7 Å². The molecule has 0 N–H and O–H groups in total. The highest BCUT2D eigenvalue weighted by molar-refractivity contribution is 6.53. The molecule has 2 radical (unpaired) electrons. The van der Waals surface area contributed by atoms with Gasteiger partial charge in [0.25, 0.3) is 0 Å². The van der Waals surface area contributed by atoms with Crippen LogP contribution in [0.15, 0.2) is 78.9 Å². The standard InChI is InChI=1S/C16H26Si.C13H10/c1-2-3-4-5-6-7-8-12-15-17-16-13-10-9-11-14-16;1-3-7-12-10(5-1)9-11-6-2-4-8-13(11)12/h9-11,13-14H,2-8,12,15H2,1H3;1-8H,9H2. The zero-order valence-corrected chi connectivity index (χ0v) is 19.6. The monoisotopic (exact) mass is 412 g/mol. The molecule has 0 heterocycles. The summed E-state index contributed by atoms with van der Waals surface area (Å²) in [5.74, 6) is 0. The van der Waals surface area contributed by atoms with Crippen LogP contribution in [0.4, 0.5) is 0 Å². The van der Waals surface area contributed by atoms with Crippen LogP contribution in [0.2, 0.25) is 6.04 Å². The maximum atomic E-state index is 2.28. The van der Waals surface area contributed by atoms with Crippen molar-refractivity contribution < 1.29 is 0 Å². The molecule has 156 valence electrons. The van der Waals surface area contributed by atoms with E-state index in [9.17, 15) is 0 Å². The van der Waals surface area contributed by atoms with Gasteiger partial charge in [-0.3, -0.25) is 0 Å². The van der Waals surface area contributed by atoms with E-state index in [2.05, 4.69) is 85.8 Å². The van der Waals surface area contributed by atoms with Gasteiger partial charge in [0.15, 0.2) is 0 Å². The summed E-state index contributed by atoms with van der Waals surface area (Å²) >= 11 is 0. The Labute approximate surface area is 186 Å². The molecule has 30 heavy (non-hydrogen) atoms. The minimum absolute atomic E-state index is 1.02. The van der Waals surface area contributed by atoms with Gasteiger partial charge in [-0.15, -0.1) is 0 Å². The predicted octanol–water partition coefficient (Wildman–Crippen LogP) is 7.83. The summed E-state index contributed by atoms with van der Waals surface area (Å²) in [6, 6.07) is 29.6. The molecule has 0 amide bonds. The number of hydrogen-bond donors (Lipinski definition) is 0. The van der Waals surface area contributed by atoms with Gasteiger partial charge in [0.1, 0.15) is 0 Å². The van der Waals surface area contributed by atoms with Crippen LogP contribution < -0.4 is 5.19 Å². The number of benzene rings is 3. The molecule has 0 aliphatic heterocycles. The maximum Gasteiger partial charge on any atom is 0.0807 e. The average Bonchev–Trinajstić information content (AvgIpc) is 3.18. The number of unbranched alkanes of at least 4 members (excludes halogenated alkanes) is 7. The third-order valence-corrected chi connectivity index (χ3v) is 7.18. The summed E-state index contributed by atoms with van der Waals surface area (Å²) in [7, 11) is 1.02. The van der Waals surface area contributed by atoms with Gasteiger partial charge in [0.05, 0.1) is 9.52 Å². The summed E-state index contributed by atoms with van der Waals surface area (Å²) in [6.45, 7) is 2.28. The van der Waals surface area contributed by atoms with Crippen LogP contribution >= 0.6 is 0 Å². The van der Waals surface area contributed by atoms with Crippen molar-refractivity contribution in [1.29, 1.82) is 0 Å². The largest absolute Gasteiger partial charge is 0.0807 e. The van der Waals surface area contributed by atoms with Crippen LogP contribution in [0, 0.1) is 0 Å². The highest BCUT2D eigenvalue weighted by atomic mass is 28.2. The van der Waals surface area contributed by atoms with Gasteiger partial charge in [-0.1, -0.05) is 148 Å². The second-order valence-electron chi connectivity index (χ2n) is 8.26. The second-order valence-corrected chi connectivity index (χ2v) is 9.69. The van der Waals surface area contributed by atoms with E-state index in [0.717, 1.165) is 15.9 Å². The van der Waals surface area contributed by atoms with Crippen molar-refractivity contribution in [1.82, 2.24) is 0 Å². The van der Waals surface area contributed by atoms with E-state index < -0.39 is 0 Å². The van der Waals surface area contributed by atoms with Gasteiger partial charge in [0.2, 0.25) is 0 Å². The first-order valence-corrected chi connectivity index (χ1v) is 13.0. The molecule has 0 bridgehead atoms. The van der Waals surface area contributed by atoms with Crippen molar-refractivity contribution in [3.63, 3.8) is 0 Å². The van der Waals surface area contributed by atoms with Gasteiger partial charge in [-0.2, -0.15) is 0 Å². The van der Waals surface area contributed by atoms with Gasteiger partial charge >= 0.3 is 0 Å². The first kappa shape index (κ1) is 22.6. The van der Waals surface area contributed by atoms with Crippen molar-refractivity contribution in [2.45, 2.75) is 70.8 Å². The van der Waals surface area contributed by atoms with Crippen LogP contribution in [0.3, 0.4) is 0 Å². The molecule has 1 aliphatic carbocycles. The highest BCUT2D eigenvalue weighted by Crippen LogP contribution is 2.35. The third kappa shape index (κ3) is 7.29. The van der Waals surface area contributed by atoms with Crippen molar-refractivity contribution >= 4 is 14.7 Å². The Morgan fingerprint density at radius 3 is 1.67 bits per heavy atom. The quantitative estimate of drug-likeness (QED) is 0.184. The van der Waals surface area contributed by atoms with E-state index in [4.69, 9.17) is 0 Å². The van der Waals surface area contributed by atoms with Crippen LogP contribution in [0.5, 0.6) is 0 Å². The molecule has 0 atom stereocenters. The summed E-state index contributed by atoms with van der Waals surface area (Å²) in [5.41, 5.74) is 5.75. The summed E-state index contributed by atoms with van der Waals surface area (Å²) in [6.07, 6.45) is 12.5. The molecule has 0 spiro atoms. The van der Waals surface area contributed by atoms with E-state index >= 15 is 0 Å². The fourth-order valence-electron chi connectivity index (χ4n) is 4.13. The topological polar surface area (TPSA) is 0 Å². The summed E-state index contributed by atoms with van der Waals surface area (Å²) in [5, 5.41) is 1.52. The van der Waals surface area contributed by atoms with E-state index in [1.54, 1.807) is 0 Å². The Morgan fingerprint density at radius 1 is 0.567 bits per heavy atom. The van der Waals surface area contributed by atoms with Gasteiger partial charge < -0.3 is 0 Å². The Kier molecular flexibility index (Phi) is 9.95. The van der Waals surface area contributed by atoms with Crippen LogP contribution in [0.25, 0.3) is 11.1 Å². The molecule has 3 aromatic carbocycles. The molecule has 1 heteroatoms.